The largest absolute Gasteiger partial charge is 0.376 e. The van der Waals surface area contributed by atoms with Gasteiger partial charge in [0.05, 0.1) is 28.8 Å². The molecule has 0 bridgehead atoms. The molecule has 5 rings (SSSR count). The number of carbonyl (C=O) groups excluding carboxylic acids is 3. The van der Waals surface area contributed by atoms with Gasteiger partial charge in [-0.15, -0.1) is 0 Å². The lowest BCUT2D eigenvalue weighted by atomic mass is 10.1. The molecule has 3 aliphatic heterocycles. The van der Waals surface area contributed by atoms with Gasteiger partial charge in [-0.25, -0.2) is 0 Å². The molecule has 0 aliphatic carbocycles. The number of fused-ring (bicyclic) bond motifs is 1. The van der Waals surface area contributed by atoms with Gasteiger partial charge in [0, 0.05) is 17.9 Å². The molecule has 7 nitrogen and oxygen atoms in total. The molecule has 2 fully saturated rings. The Morgan fingerprint density at radius 3 is 2.58 bits per heavy atom. The highest BCUT2D eigenvalue weighted by molar-refractivity contribution is 8.26. The van der Waals surface area contributed by atoms with Gasteiger partial charge in [0.15, 0.2) is 0 Å². The first-order chi connectivity index (χ1) is 16.0. The second-order valence-corrected chi connectivity index (χ2v) is 9.59. The molecule has 33 heavy (non-hydrogen) atoms. The van der Waals surface area contributed by atoms with Crippen LogP contribution in [0.3, 0.4) is 0 Å². The van der Waals surface area contributed by atoms with Crippen LogP contribution < -0.4 is 10.2 Å². The van der Waals surface area contributed by atoms with Crippen LogP contribution in [0, 0.1) is 0 Å². The highest BCUT2D eigenvalue weighted by Crippen LogP contribution is 2.44. The summed E-state index contributed by atoms with van der Waals surface area (Å²) in [6.07, 6.45) is 1.81. The Kier molecular flexibility index (Phi) is 6.01. The van der Waals surface area contributed by atoms with Crippen LogP contribution in [0.15, 0.2) is 59.5 Å². The van der Waals surface area contributed by atoms with Crippen molar-refractivity contribution in [2.24, 2.45) is 0 Å². The molecule has 9 heteroatoms. The Bertz CT molecular complexity index is 1180. The number of hydrogen-bond acceptors (Lipinski definition) is 6. The molecule has 2 aromatic carbocycles. The van der Waals surface area contributed by atoms with E-state index in [9.17, 15) is 14.4 Å². The fourth-order valence-corrected chi connectivity index (χ4v) is 5.57. The smallest absolute Gasteiger partial charge is 0.267 e. The van der Waals surface area contributed by atoms with E-state index < -0.39 is 0 Å². The van der Waals surface area contributed by atoms with Crippen molar-refractivity contribution in [1.29, 1.82) is 0 Å². The number of amides is 3. The number of nitrogens with one attached hydrogen (secondary N) is 1. The Hall–Kier alpha value is -3.01. The Morgan fingerprint density at radius 2 is 1.82 bits per heavy atom. The maximum Gasteiger partial charge on any atom is 0.267 e. The standard InChI is InChI=1S/C24H21N3O4S2/c28-19(25-15-7-2-1-3-8-15)14-26-18-11-5-4-10-17(18)20(22(26)29)21-23(30)27(24(32)33-21)13-16-9-6-12-31-16/h1-5,7-8,10-11,16H,6,9,12-14H2,(H,25,28)/b21-20-/t16-/m0/s1. The Balaban J connectivity index is 1.42. The zero-order valence-corrected chi connectivity index (χ0v) is 19.3. The zero-order valence-electron chi connectivity index (χ0n) is 17.7. The van der Waals surface area contributed by atoms with Crippen LogP contribution in [0.25, 0.3) is 5.57 Å². The van der Waals surface area contributed by atoms with Crippen molar-refractivity contribution in [2.45, 2.75) is 18.9 Å². The summed E-state index contributed by atoms with van der Waals surface area (Å²) in [6.45, 7) is 0.914. The summed E-state index contributed by atoms with van der Waals surface area (Å²) in [6, 6.07) is 16.3. The minimum Gasteiger partial charge on any atom is -0.376 e. The summed E-state index contributed by atoms with van der Waals surface area (Å²) in [7, 11) is 0. The summed E-state index contributed by atoms with van der Waals surface area (Å²) in [5.41, 5.74) is 2.18. The SMILES string of the molecule is O=C(CN1C(=O)/C(=C2\SC(=S)N(C[C@@H]3CCCO3)C2=O)c2ccccc21)Nc1ccccc1. The van der Waals surface area contributed by atoms with Crippen molar-refractivity contribution in [3.8, 4) is 0 Å². The van der Waals surface area contributed by atoms with Crippen molar-refractivity contribution in [3.05, 3.63) is 65.1 Å². The lowest BCUT2D eigenvalue weighted by Crippen LogP contribution is -2.36. The van der Waals surface area contributed by atoms with Gasteiger partial charge in [-0.05, 0) is 31.0 Å². The third-order valence-corrected chi connectivity index (χ3v) is 7.22. The highest BCUT2D eigenvalue weighted by Gasteiger charge is 2.43. The monoisotopic (exact) mass is 479 g/mol. The molecule has 1 N–H and O–H groups in total. The molecule has 3 heterocycles. The molecule has 0 spiro atoms. The van der Waals surface area contributed by atoms with Crippen LogP contribution in [0.1, 0.15) is 18.4 Å². The van der Waals surface area contributed by atoms with Crippen LogP contribution in [0.5, 0.6) is 0 Å². The van der Waals surface area contributed by atoms with E-state index in [1.54, 1.807) is 30.3 Å². The van der Waals surface area contributed by atoms with Crippen molar-refractivity contribution >= 4 is 63.0 Å². The first-order valence-corrected chi connectivity index (χ1v) is 11.9. The van der Waals surface area contributed by atoms with Gasteiger partial charge in [0.25, 0.3) is 11.8 Å². The topological polar surface area (TPSA) is 79.0 Å². The predicted molar refractivity (Wildman–Crippen MR) is 132 cm³/mol. The molecule has 3 aliphatic rings. The summed E-state index contributed by atoms with van der Waals surface area (Å²) >= 11 is 6.60. The number of thioether (sulfide) groups is 1. The average Bonchev–Trinajstić information content (AvgIpc) is 3.49. The van der Waals surface area contributed by atoms with E-state index in [0.717, 1.165) is 24.6 Å². The minimum absolute atomic E-state index is 0.0402. The molecular weight excluding hydrogens is 458 g/mol. The van der Waals surface area contributed by atoms with Crippen molar-refractivity contribution in [2.75, 3.05) is 29.9 Å². The number of thiocarbonyl (C=S) groups is 1. The number of anilines is 2. The van der Waals surface area contributed by atoms with Crippen molar-refractivity contribution in [3.63, 3.8) is 0 Å². The van der Waals surface area contributed by atoms with Crippen LogP contribution in [0.2, 0.25) is 0 Å². The average molecular weight is 480 g/mol. The molecule has 168 valence electrons. The number of para-hydroxylation sites is 2. The summed E-state index contributed by atoms with van der Waals surface area (Å²) in [5, 5.41) is 2.80. The van der Waals surface area contributed by atoms with Gasteiger partial charge in [-0.3, -0.25) is 24.2 Å². The number of hydrogen-bond donors (Lipinski definition) is 1. The molecule has 1 atom stereocenters. The normalized spacial score (nSPS) is 22.3. The Labute approximate surface area is 200 Å². The van der Waals surface area contributed by atoms with E-state index in [4.69, 9.17) is 17.0 Å². The number of ether oxygens (including phenoxy) is 1. The molecule has 0 unspecified atom stereocenters. The fourth-order valence-electron chi connectivity index (χ4n) is 4.22. The molecule has 3 amide bonds. The number of carbonyl (C=O) groups is 3. The number of nitrogens with zero attached hydrogens (tertiary/aromatic N) is 2. The Morgan fingerprint density at radius 1 is 1.06 bits per heavy atom. The maximum atomic E-state index is 13.5. The van der Waals surface area contributed by atoms with Gasteiger partial charge in [-0.2, -0.15) is 0 Å². The molecule has 2 aromatic rings. The molecule has 0 aromatic heterocycles. The van der Waals surface area contributed by atoms with Crippen LogP contribution >= 0.6 is 24.0 Å². The van der Waals surface area contributed by atoms with E-state index in [1.807, 2.05) is 24.3 Å². The van der Waals surface area contributed by atoms with Crippen molar-refractivity contribution < 1.29 is 19.1 Å². The third-order valence-electron chi connectivity index (χ3n) is 5.77. The molecule has 0 saturated carbocycles. The van der Waals surface area contributed by atoms with Gasteiger partial charge in [0.1, 0.15) is 10.9 Å². The first-order valence-electron chi connectivity index (χ1n) is 10.7. The van der Waals surface area contributed by atoms with E-state index in [1.165, 1.54) is 9.80 Å². The van der Waals surface area contributed by atoms with Crippen molar-refractivity contribution in [1.82, 2.24) is 4.90 Å². The summed E-state index contributed by atoms with van der Waals surface area (Å²) in [5.74, 6) is -0.984. The van der Waals surface area contributed by atoms with Crippen LogP contribution in [0.4, 0.5) is 11.4 Å². The molecular formula is C24H21N3O4S2. The third kappa shape index (κ3) is 4.19. The van der Waals surface area contributed by atoms with Gasteiger partial charge < -0.3 is 10.1 Å². The van der Waals surface area contributed by atoms with Gasteiger partial charge in [-0.1, -0.05) is 60.4 Å². The lowest BCUT2D eigenvalue weighted by Gasteiger charge is -2.18. The van der Waals surface area contributed by atoms with Gasteiger partial charge >= 0.3 is 0 Å². The summed E-state index contributed by atoms with van der Waals surface area (Å²) in [4.78, 5) is 42.7. The number of benzene rings is 2. The zero-order chi connectivity index (χ0) is 22.9. The highest BCUT2D eigenvalue weighted by atomic mass is 32.2. The van der Waals surface area contributed by atoms with Crippen LogP contribution in [-0.4, -0.2) is 52.7 Å². The lowest BCUT2D eigenvalue weighted by molar-refractivity contribution is -0.123. The van der Waals surface area contributed by atoms with E-state index in [2.05, 4.69) is 5.32 Å². The first kappa shape index (κ1) is 21.8. The van der Waals surface area contributed by atoms with Gasteiger partial charge in [0.2, 0.25) is 5.91 Å². The second-order valence-electron chi connectivity index (χ2n) is 7.95. The van der Waals surface area contributed by atoms with Crippen LogP contribution in [-0.2, 0) is 19.1 Å². The minimum atomic E-state index is -0.378. The quantitative estimate of drug-likeness (QED) is 0.523. The predicted octanol–water partition coefficient (Wildman–Crippen LogP) is 3.42. The van der Waals surface area contributed by atoms with E-state index in [0.29, 0.717) is 44.9 Å². The van der Waals surface area contributed by atoms with E-state index >= 15 is 0 Å². The second kappa shape index (κ2) is 9.09. The maximum absolute atomic E-state index is 13.5. The van der Waals surface area contributed by atoms with E-state index in [-0.39, 0.29) is 30.4 Å². The summed E-state index contributed by atoms with van der Waals surface area (Å²) < 4.78 is 6.08. The fraction of sp³-hybridized carbons (Fsp3) is 0.250. The number of rotatable bonds is 5. The molecule has 0 radical (unpaired) electrons. The molecule has 2 saturated heterocycles.